The van der Waals surface area contributed by atoms with Crippen LogP contribution in [-0.2, 0) is 0 Å². The second kappa shape index (κ2) is 6.16. The molecule has 0 saturated carbocycles. The summed E-state index contributed by atoms with van der Waals surface area (Å²) in [5.41, 5.74) is 1.60. The van der Waals surface area contributed by atoms with Crippen molar-refractivity contribution >= 4 is 39.4 Å². The third kappa shape index (κ3) is 2.74. The first kappa shape index (κ1) is 15.7. The average molecular weight is 381 g/mol. The smallest absolute Gasteiger partial charge is 0.260 e. The van der Waals surface area contributed by atoms with Crippen LogP contribution in [0.2, 0.25) is 0 Å². The van der Waals surface area contributed by atoms with E-state index in [1.54, 1.807) is 11.8 Å². The SMILES string of the molecule is CCC[N+]1([O-])CNC(SC)=C2N=C(c3cccc(Br)c3)N=C21. The summed E-state index contributed by atoms with van der Waals surface area (Å²) in [6, 6.07) is 7.82. The molecule has 7 heteroatoms. The molecule has 0 spiro atoms. The van der Waals surface area contributed by atoms with Gasteiger partial charge < -0.3 is 10.5 Å². The Kier molecular flexibility index (Phi) is 4.40. The highest BCUT2D eigenvalue weighted by atomic mass is 79.9. The molecule has 0 saturated heterocycles. The molecular formula is C15H17BrN4OS. The highest BCUT2D eigenvalue weighted by Gasteiger charge is 2.38. The molecule has 1 aromatic carbocycles. The fourth-order valence-corrected chi connectivity index (χ4v) is 3.54. The minimum atomic E-state index is -0.461. The molecule has 116 valence electrons. The summed E-state index contributed by atoms with van der Waals surface area (Å²) in [5, 5.41) is 17.2. The van der Waals surface area contributed by atoms with Gasteiger partial charge in [-0.05, 0) is 24.8 Å². The van der Waals surface area contributed by atoms with E-state index in [4.69, 9.17) is 0 Å². The molecule has 3 rings (SSSR count). The molecule has 1 unspecified atom stereocenters. The lowest BCUT2D eigenvalue weighted by Crippen LogP contribution is -2.56. The molecule has 22 heavy (non-hydrogen) atoms. The van der Waals surface area contributed by atoms with E-state index < -0.39 is 4.65 Å². The number of nitrogens with zero attached hydrogens (tertiary/aromatic N) is 3. The van der Waals surface area contributed by atoms with E-state index in [1.165, 1.54) is 0 Å². The summed E-state index contributed by atoms with van der Waals surface area (Å²) in [7, 11) is 0. The predicted molar refractivity (Wildman–Crippen MR) is 95.4 cm³/mol. The molecule has 0 amide bonds. The summed E-state index contributed by atoms with van der Waals surface area (Å²) >= 11 is 5.03. The second-order valence-corrected chi connectivity index (χ2v) is 6.94. The van der Waals surface area contributed by atoms with E-state index in [0.717, 1.165) is 21.5 Å². The van der Waals surface area contributed by atoms with Gasteiger partial charge in [0.15, 0.2) is 18.2 Å². The minimum absolute atomic E-state index is 0.313. The Morgan fingerprint density at radius 3 is 2.91 bits per heavy atom. The van der Waals surface area contributed by atoms with Crippen LogP contribution in [0.5, 0.6) is 0 Å². The number of aliphatic imine (C=N–C) groups is 2. The van der Waals surface area contributed by atoms with E-state index >= 15 is 0 Å². The van der Waals surface area contributed by atoms with E-state index in [2.05, 4.69) is 31.2 Å². The van der Waals surface area contributed by atoms with E-state index in [1.807, 2.05) is 37.4 Å². The first-order valence-corrected chi connectivity index (χ1v) is 9.13. The van der Waals surface area contributed by atoms with Crippen LogP contribution in [0.3, 0.4) is 0 Å². The Hall–Kier alpha value is -1.15. The van der Waals surface area contributed by atoms with E-state index in [-0.39, 0.29) is 0 Å². The third-order valence-electron chi connectivity index (χ3n) is 3.61. The van der Waals surface area contributed by atoms with Gasteiger partial charge in [0.25, 0.3) is 5.84 Å². The zero-order chi connectivity index (χ0) is 15.7. The van der Waals surface area contributed by atoms with Gasteiger partial charge in [-0.2, -0.15) is 4.99 Å². The molecule has 0 bridgehead atoms. The van der Waals surface area contributed by atoms with Crippen LogP contribution >= 0.6 is 27.7 Å². The number of benzene rings is 1. The lowest BCUT2D eigenvalue weighted by Gasteiger charge is -2.44. The molecule has 1 atom stereocenters. The van der Waals surface area contributed by atoms with Gasteiger partial charge in [0.1, 0.15) is 5.03 Å². The Labute approximate surface area is 142 Å². The maximum absolute atomic E-state index is 13.1. The molecular weight excluding hydrogens is 364 g/mol. The van der Waals surface area contributed by atoms with Gasteiger partial charge >= 0.3 is 0 Å². The van der Waals surface area contributed by atoms with E-state index in [0.29, 0.717) is 30.6 Å². The predicted octanol–water partition coefficient (Wildman–Crippen LogP) is 3.43. The number of halogens is 1. The number of hydrogen-bond donors (Lipinski definition) is 1. The van der Waals surface area contributed by atoms with Gasteiger partial charge in [0.05, 0.1) is 6.54 Å². The number of quaternary nitrogens is 1. The van der Waals surface area contributed by atoms with Crippen molar-refractivity contribution in [1.29, 1.82) is 0 Å². The number of amidine groups is 2. The van der Waals surface area contributed by atoms with Crippen molar-refractivity contribution in [2.45, 2.75) is 13.3 Å². The van der Waals surface area contributed by atoms with Crippen LogP contribution < -0.4 is 5.32 Å². The largest absolute Gasteiger partial charge is 0.625 e. The molecule has 2 aliphatic rings. The van der Waals surface area contributed by atoms with Crippen molar-refractivity contribution in [2.75, 3.05) is 19.5 Å². The number of nitrogens with one attached hydrogen (secondary N) is 1. The van der Waals surface area contributed by atoms with Crippen LogP contribution in [-0.4, -0.2) is 35.8 Å². The summed E-state index contributed by atoms with van der Waals surface area (Å²) in [6.07, 6.45) is 2.78. The van der Waals surface area contributed by atoms with Crippen molar-refractivity contribution in [2.24, 2.45) is 9.98 Å². The van der Waals surface area contributed by atoms with Gasteiger partial charge in [0, 0.05) is 10.0 Å². The van der Waals surface area contributed by atoms with Crippen LogP contribution in [0.25, 0.3) is 0 Å². The standard InChI is InChI=1S/C15H17BrN4OS/c1-3-7-20(21)9-17-15(22-2)12-14(20)19-13(18-12)10-5-4-6-11(16)8-10/h4-6,8,17H,3,7,9H2,1-2H3. The summed E-state index contributed by atoms with van der Waals surface area (Å²) < 4.78 is 0.507. The van der Waals surface area contributed by atoms with Gasteiger partial charge in [-0.15, -0.1) is 11.8 Å². The number of hydrogen-bond acceptors (Lipinski definition) is 5. The molecule has 1 aromatic rings. The highest BCUT2D eigenvalue weighted by Crippen LogP contribution is 2.31. The van der Waals surface area contributed by atoms with Gasteiger partial charge in [-0.1, -0.05) is 35.0 Å². The highest BCUT2D eigenvalue weighted by molar-refractivity contribution is 9.10. The maximum atomic E-state index is 13.1. The fraction of sp³-hybridized carbons (Fsp3) is 0.333. The van der Waals surface area contributed by atoms with Crippen LogP contribution in [0.1, 0.15) is 18.9 Å². The summed E-state index contributed by atoms with van der Waals surface area (Å²) in [6.45, 7) is 2.82. The van der Waals surface area contributed by atoms with Crippen molar-refractivity contribution < 1.29 is 4.65 Å². The molecule has 0 aliphatic carbocycles. The second-order valence-electron chi connectivity index (χ2n) is 5.21. The normalized spacial score (nSPS) is 23.8. The number of rotatable bonds is 4. The molecule has 0 fully saturated rings. The zero-order valence-electron chi connectivity index (χ0n) is 12.5. The van der Waals surface area contributed by atoms with Crippen molar-refractivity contribution in [3.8, 4) is 0 Å². The Bertz CT molecular complexity index is 701. The lowest BCUT2D eigenvalue weighted by atomic mass is 10.2. The molecule has 2 aliphatic heterocycles. The van der Waals surface area contributed by atoms with Gasteiger partial charge in [0.2, 0.25) is 0 Å². The first-order chi connectivity index (χ1) is 10.6. The van der Waals surface area contributed by atoms with Crippen LogP contribution in [0, 0.1) is 5.21 Å². The van der Waals surface area contributed by atoms with Crippen LogP contribution in [0.4, 0.5) is 0 Å². The first-order valence-electron chi connectivity index (χ1n) is 7.12. The van der Waals surface area contributed by atoms with Crippen molar-refractivity contribution in [3.63, 3.8) is 0 Å². The number of fused-ring (bicyclic) bond motifs is 1. The van der Waals surface area contributed by atoms with E-state index in [9.17, 15) is 5.21 Å². The topological polar surface area (TPSA) is 59.8 Å². The lowest BCUT2D eigenvalue weighted by molar-refractivity contribution is -0.793. The summed E-state index contributed by atoms with van der Waals surface area (Å²) in [4.78, 5) is 9.21. The molecule has 0 radical (unpaired) electrons. The minimum Gasteiger partial charge on any atom is -0.625 e. The molecule has 1 N–H and O–H groups in total. The number of thioether (sulfide) groups is 1. The maximum Gasteiger partial charge on any atom is 0.260 e. The van der Waals surface area contributed by atoms with Gasteiger partial charge in [-0.25, -0.2) is 4.99 Å². The Morgan fingerprint density at radius 1 is 1.41 bits per heavy atom. The molecule has 2 heterocycles. The fourth-order valence-electron chi connectivity index (χ4n) is 2.60. The number of hydroxylamine groups is 3. The van der Waals surface area contributed by atoms with Crippen LogP contribution in [0.15, 0.2) is 49.4 Å². The quantitative estimate of drug-likeness (QED) is 0.642. The monoisotopic (exact) mass is 380 g/mol. The van der Waals surface area contributed by atoms with Crippen molar-refractivity contribution in [3.05, 3.63) is 50.2 Å². The molecule has 5 nitrogen and oxygen atoms in total. The summed E-state index contributed by atoms with van der Waals surface area (Å²) in [5.74, 6) is 1.14. The third-order valence-corrected chi connectivity index (χ3v) is 4.85. The van der Waals surface area contributed by atoms with Gasteiger partial charge in [-0.3, -0.25) is 4.65 Å². The Balaban J connectivity index is 2.08. The van der Waals surface area contributed by atoms with Crippen molar-refractivity contribution in [1.82, 2.24) is 5.32 Å². The Morgan fingerprint density at radius 2 is 2.23 bits per heavy atom. The molecule has 0 aromatic heterocycles. The zero-order valence-corrected chi connectivity index (χ0v) is 14.9. The average Bonchev–Trinajstić information content (AvgIpc) is 2.95.